The standard InChI is InChI=1S/C10H19N3O2/c11-8(6-9(12)14)10(15)13-7-4-2-1-3-5-7/h7-8H,1-6,11H2,(H2,12,14)(H,13,15)/t8-/m0/s1. The van der Waals surface area contributed by atoms with Crippen molar-refractivity contribution in [1.29, 1.82) is 0 Å². The van der Waals surface area contributed by atoms with E-state index >= 15 is 0 Å². The second-order valence-corrected chi connectivity index (χ2v) is 4.12. The van der Waals surface area contributed by atoms with E-state index in [0.717, 1.165) is 25.7 Å². The van der Waals surface area contributed by atoms with Gasteiger partial charge < -0.3 is 16.8 Å². The summed E-state index contributed by atoms with van der Waals surface area (Å²) < 4.78 is 0. The van der Waals surface area contributed by atoms with E-state index in [2.05, 4.69) is 5.32 Å². The lowest BCUT2D eigenvalue weighted by atomic mass is 9.95. The number of hydrogen-bond acceptors (Lipinski definition) is 3. The molecule has 1 rings (SSSR count). The van der Waals surface area contributed by atoms with Gasteiger partial charge in [-0.15, -0.1) is 0 Å². The Kier molecular flexibility index (Phi) is 4.55. The van der Waals surface area contributed by atoms with Gasteiger partial charge in [-0.1, -0.05) is 19.3 Å². The van der Waals surface area contributed by atoms with Crippen molar-refractivity contribution in [1.82, 2.24) is 5.32 Å². The Labute approximate surface area is 89.6 Å². The molecule has 1 saturated carbocycles. The number of amides is 2. The summed E-state index contributed by atoms with van der Waals surface area (Å²) >= 11 is 0. The molecule has 0 aromatic heterocycles. The predicted octanol–water partition coefficient (Wildman–Crippen LogP) is -0.362. The van der Waals surface area contributed by atoms with Crippen molar-refractivity contribution < 1.29 is 9.59 Å². The number of primary amides is 1. The van der Waals surface area contributed by atoms with Gasteiger partial charge in [0.05, 0.1) is 12.5 Å². The number of rotatable bonds is 4. The van der Waals surface area contributed by atoms with Gasteiger partial charge in [-0.2, -0.15) is 0 Å². The molecule has 1 atom stereocenters. The Balaban J connectivity index is 2.30. The number of carbonyl (C=O) groups excluding carboxylic acids is 2. The van der Waals surface area contributed by atoms with E-state index in [1.54, 1.807) is 0 Å². The maximum absolute atomic E-state index is 11.5. The van der Waals surface area contributed by atoms with Gasteiger partial charge in [0.2, 0.25) is 11.8 Å². The quantitative estimate of drug-likeness (QED) is 0.594. The minimum Gasteiger partial charge on any atom is -0.370 e. The highest BCUT2D eigenvalue weighted by Crippen LogP contribution is 2.17. The van der Waals surface area contributed by atoms with Gasteiger partial charge in [0.1, 0.15) is 0 Å². The van der Waals surface area contributed by atoms with Crippen LogP contribution in [0.15, 0.2) is 0 Å². The largest absolute Gasteiger partial charge is 0.370 e. The lowest BCUT2D eigenvalue weighted by Crippen LogP contribution is -2.47. The van der Waals surface area contributed by atoms with Gasteiger partial charge in [0, 0.05) is 6.04 Å². The van der Waals surface area contributed by atoms with Crippen LogP contribution in [0.25, 0.3) is 0 Å². The molecule has 0 bridgehead atoms. The van der Waals surface area contributed by atoms with Crippen molar-refractivity contribution in [2.45, 2.75) is 50.6 Å². The maximum atomic E-state index is 11.5. The third kappa shape index (κ3) is 4.29. The molecular formula is C10H19N3O2. The molecule has 0 aliphatic heterocycles. The van der Waals surface area contributed by atoms with Gasteiger partial charge >= 0.3 is 0 Å². The Bertz CT molecular complexity index is 237. The fourth-order valence-corrected chi connectivity index (χ4v) is 1.86. The Morgan fingerprint density at radius 1 is 1.27 bits per heavy atom. The SMILES string of the molecule is NC(=O)C[C@H](N)C(=O)NC1CCCCC1. The highest BCUT2D eigenvalue weighted by atomic mass is 16.2. The topological polar surface area (TPSA) is 98.2 Å². The molecule has 2 amide bonds. The van der Waals surface area contributed by atoms with Crippen LogP contribution in [0.3, 0.4) is 0 Å². The first-order valence-corrected chi connectivity index (χ1v) is 5.44. The third-order valence-corrected chi connectivity index (χ3v) is 2.71. The van der Waals surface area contributed by atoms with Gasteiger partial charge in [0.15, 0.2) is 0 Å². The average molecular weight is 213 g/mol. The van der Waals surface area contributed by atoms with Crippen LogP contribution < -0.4 is 16.8 Å². The summed E-state index contributed by atoms with van der Waals surface area (Å²) in [5.74, 6) is -0.804. The summed E-state index contributed by atoms with van der Waals surface area (Å²) in [6.45, 7) is 0. The molecule has 1 fully saturated rings. The Morgan fingerprint density at radius 3 is 2.40 bits per heavy atom. The molecule has 0 spiro atoms. The summed E-state index contributed by atoms with van der Waals surface area (Å²) in [6, 6.07) is -0.574. The van der Waals surface area contributed by atoms with E-state index in [9.17, 15) is 9.59 Å². The zero-order chi connectivity index (χ0) is 11.3. The molecule has 15 heavy (non-hydrogen) atoms. The molecule has 0 heterocycles. The summed E-state index contributed by atoms with van der Waals surface area (Å²) in [7, 11) is 0. The number of nitrogens with two attached hydrogens (primary N) is 2. The molecule has 1 aliphatic rings. The van der Waals surface area contributed by atoms with Crippen LogP contribution in [0.4, 0.5) is 0 Å². The van der Waals surface area contributed by atoms with Crippen LogP contribution in [0, 0.1) is 0 Å². The normalized spacial score (nSPS) is 19.5. The third-order valence-electron chi connectivity index (χ3n) is 2.71. The second kappa shape index (κ2) is 5.70. The van der Waals surface area contributed by atoms with Crippen LogP contribution >= 0.6 is 0 Å². The lowest BCUT2D eigenvalue weighted by molar-refractivity contribution is -0.127. The van der Waals surface area contributed by atoms with Gasteiger partial charge in [0.25, 0.3) is 0 Å². The highest BCUT2D eigenvalue weighted by Gasteiger charge is 2.20. The monoisotopic (exact) mass is 213 g/mol. The Hall–Kier alpha value is -1.10. The maximum Gasteiger partial charge on any atom is 0.237 e. The van der Waals surface area contributed by atoms with E-state index < -0.39 is 11.9 Å². The van der Waals surface area contributed by atoms with Crippen LogP contribution in [0.5, 0.6) is 0 Å². The fourth-order valence-electron chi connectivity index (χ4n) is 1.86. The van der Waals surface area contributed by atoms with E-state index in [0.29, 0.717) is 0 Å². The van der Waals surface area contributed by atoms with Crippen molar-refractivity contribution in [3.63, 3.8) is 0 Å². The molecular weight excluding hydrogens is 194 g/mol. The zero-order valence-electron chi connectivity index (χ0n) is 8.87. The molecule has 0 saturated heterocycles. The molecule has 0 aromatic carbocycles. The van der Waals surface area contributed by atoms with Crippen LogP contribution in [0.2, 0.25) is 0 Å². The molecule has 86 valence electrons. The van der Waals surface area contributed by atoms with Crippen LogP contribution in [0.1, 0.15) is 38.5 Å². The van der Waals surface area contributed by atoms with Crippen molar-refractivity contribution in [3.8, 4) is 0 Å². The van der Waals surface area contributed by atoms with Gasteiger partial charge in [-0.3, -0.25) is 9.59 Å². The second-order valence-electron chi connectivity index (χ2n) is 4.12. The highest BCUT2D eigenvalue weighted by molar-refractivity contribution is 5.87. The molecule has 5 heteroatoms. The van der Waals surface area contributed by atoms with Gasteiger partial charge in [-0.25, -0.2) is 0 Å². The van der Waals surface area contributed by atoms with Gasteiger partial charge in [-0.05, 0) is 12.8 Å². The minimum atomic E-state index is -0.801. The number of hydrogen-bond donors (Lipinski definition) is 3. The molecule has 5 nitrogen and oxygen atoms in total. The first-order valence-electron chi connectivity index (χ1n) is 5.44. The van der Waals surface area contributed by atoms with Crippen molar-refractivity contribution >= 4 is 11.8 Å². The van der Waals surface area contributed by atoms with Crippen molar-refractivity contribution in [2.24, 2.45) is 11.5 Å². The van der Waals surface area contributed by atoms with E-state index in [1.807, 2.05) is 0 Å². The summed E-state index contributed by atoms with van der Waals surface area (Å²) in [5.41, 5.74) is 10.5. The van der Waals surface area contributed by atoms with E-state index in [-0.39, 0.29) is 18.4 Å². The van der Waals surface area contributed by atoms with Crippen molar-refractivity contribution in [2.75, 3.05) is 0 Å². The average Bonchev–Trinajstić information content (AvgIpc) is 2.18. The smallest absolute Gasteiger partial charge is 0.237 e. The number of nitrogens with one attached hydrogen (secondary N) is 1. The lowest BCUT2D eigenvalue weighted by Gasteiger charge is -2.24. The van der Waals surface area contributed by atoms with E-state index in [4.69, 9.17) is 11.5 Å². The number of carbonyl (C=O) groups is 2. The van der Waals surface area contributed by atoms with Crippen molar-refractivity contribution in [3.05, 3.63) is 0 Å². The minimum absolute atomic E-state index is 0.0848. The molecule has 0 radical (unpaired) electrons. The van der Waals surface area contributed by atoms with Crippen LogP contribution in [-0.4, -0.2) is 23.9 Å². The fraction of sp³-hybridized carbons (Fsp3) is 0.800. The first kappa shape index (κ1) is 12.0. The Morgan fingerprint density at radius 2 is 1.87 bits per heavy atom. The summed E-state index contributed by atoms with van der Waals surface area (Å²) in [5, 5.41) is 2.85. The first-order chi connectivity index (χ1) is 7.09. The molecule has 1 aliphatic carbocycles. The zero-order valence-corrected chi connectivity index (χ0v) is 8.87. The summed E-state index contributed by atoms with van der Waals surface area (Å²) in [6.07, 6.45) is 5.47. The summed E-state index contributed by atoms with van der Waals surface area (Å²) in [4.78, 5) is 22.1. The molecule has 0 unspecified atom stereocenters. The predicted molar refractivity (Wildman–Crippen MR) is 56.8 cm³/mol. The molecule has 5 N–H and O–H groups in total. The van der Waals surface area contributed by atoms with Crippen LogP contribution in [-0.2, 0) is 9.59 Å². The molecule has 0 aromatic rings. The van der Waals surface area contributed by atoms with E-state index in [1.165, 1.54) is 6.42 Å².